The Morgan fingerprint density at radius 3 is 2.97 bits per heavy atom. The van der Waals surface area contributed by atoms with Gasteiger partial charge in [-0.3, -0.25) is 14.9 Å². The molecule has 0 spiro atoms. The maximum atomic E-state index is 13.2. The summed E-state index contributed by atoms with van der Waals surface area (Å²) in [7, 11) is 1.62. The molecule has 9 heteroatoms. The minimum atomic E-state index is -0.375. The Morgan fingerprint density at radius 1 is 1.31 bits per heavy atom. The number of hydrogen-bond acceptors (Lipinski definition) is 7. The van der Waals surface area contributed by atoms with Gasteiger partial charge in [-0.15, -0.1) is 11.3 Å². The lowest BCUT2D eigenvalue weighted by Crippen LogP contribution is -2.37. The standard InChI is InChI=1S/C23H25N3O5S/c1-29-18-6-2-5-16(11-18)13-26(14-19-7-3-9-30-19)21(27)12-17-15-32-23(24-17)25-22(28)20-8-4-10-31-20/h2,4-6,8,10-11,15,19H,3,7,9,12-14H2,1H3,(H,24,25,28). The van der Waals surface area contributed by atoms with E-state index >= 15 is 0 Å². The number of nitrogens with zero attached hydrogens (tertiary/aromatic N) is 2. The van der Waals surface area contributed by atoms with Gasteiger partial charge in [-0.25, -0.2) is 4.98 Å². The van der Waals surface area contributed by atoms with Gasteiger partial charge in [0.05, 0.1) is 31.6 Å². The van der Waals surface area contributed by atoms with Crippen molar-refractivity contribution in [3.05, 3.63) is 65.1 Å². The van der Waals surface area contributed by atoms with E-state index in [0.29, 0.717) is 23.9 Å². The lowest BCUT2D eigenvalue weighted by atomic mass is 10.1. The van der Waals surface area contributed by atoms with Gasteiger partial charge >= 0.3 is 0 Å². The van der Waals surface area contributed by atoms with Crippen LogP contribution in [0.1, 0.15) is 34.7 Å². The SMILES string of the molecule is COc1cccc(CN(CC2CCCO2)C(=O)Cc2csc(NC(=O)c3ccco3)n2)c1. The molecule has 1 unspecified atom stereocenters. The van der Waals surface area contributed by atoms with Crippen molar-refractivity contribution in [3.63, 3.8) is 0 Å². The fourth-order valence-electron chi connectivity index (χ4n) is 3.56. The van der Waals surface area contributed by atoms with Crippen molar-refractivity contribution in [1.29, 1.82) is 0 Å². The maximum Gasteiger partial charge on any atom is 0.293 e. The van der Waals surface area contributed by atoms with Gasteiger partial charge in [-0.05, 0) is 42.7 Å². The topological polar surface area (TPSA) is 93.9 Å². The largest absolute Gasteiger partial charge is 0.497 e. The van der Waals surface area contributed by atoms with E-state index in [1.165, 1.54) is 17.6 Å². The van der Waals surface area contributed by atoms with Crippen LogP contribution in [0.3, 0.4) is 0 Å². The van der Waals surface area contributed by atoms with Crippen molar-refractivity contribution in [2.75, 3.05) is 25.6 Å². The molecule has 4 rings (SSSR count). The monoisotopic (exact) mass is 455 g/mol. The van der Waals surface area contributed by atoms with Crippen LogP contribution in [0.2, 0.25) is 0 Å². The summed E-state index contributed by atoms with van der Waals surface area (Å²) in [6.07, 6.45) is 3.58. The summed E-state index contributed by atoms with van der Waals surface area (Å²) in [4.78, 5) is 31.5. The highest BCUT2D eigenvalue weighted by Gasteiger charge is 2.24. The minimum Gasteiger partial charge on any atom is -0.497 e. The molecule has 0 aliphatic carbocycles. The molecule has 168 valence electrons. The molecule has 8 nitrogen and oxygen atoms in total. The molecule has 0 bridgehead atoms. The number of amides is 2. The average Bonchev–Trinajstić information content (AvgIpc) is 3.57. The van der Waals surface area contributed by atoms with Crippen molar-refractivity contribution in [2.24, 2.45) is 0 Å². The zero-order valence-electron chi connectivity index (χ0n) is 17.8. The van der Waals surface area contributed by atoms with E-state index in [0.717, 1.165) is 30.8 Å². The molecule has 3 heterocycles. The van der Waals surface area contributed by atoms with Crippen LogP contribution < -0.4 is 10.1 Å². The third-order valence-electron chi connectivity index (χ3n) is 5.16. The third-order valence-corrected chi connectivity index (χ3v) is 5.96. The van der Waals surface area contributed by atoms with E-state index in [-0.39, 0.29) is 30.1 Å². The highest BCUT2D eigenvalue weighted by molar-refractivity contribution is 7.14. The molecule has 32 heavy (non-hydrogen) atoms. The Bertz CT molecular complexity index is 1040. The van der Waals surface area contributed by atoms with Crippen molar-refractivity contribution >= 4 is 28.3 Å². The van der Waals surface area contributed by atoms with Crippen molar-refractivity contribution in [1.82, 2.24) is 9.88 Å². The van der Waals surface area contributed by atoms with Gasteiger partial charge < -0.3 is 18.8 Å². The van der Waals surface area contributed by atoms with Crippen LogP contribution in [0.5, 0.6) is 5.75 Å². The van der Waals surface area contributed by atoms with E-state index < -0.39 is 0 Å². The van der Waals surface area contributed by atoms with Gasteiger partial charge in [0.25, 0.3) is 5.91 Å². The first kappa shape index (κ1) is 22.0. The van der Waals surface area contributed by atoms with Gasteiger partial charge in [-0.2, -0.15) is 0 Å². The fraction of sp³-hybridized carbons (Fsp3) is 0.348. The number of ether oxygens (including phenoxy) is 2. The third kappa shape index (κ3) is 5.74. The molecule has 1 aliphatic heterocycles. The molecule has 1 saturated heterocycles. The van der Waals surface area contributed by atoms with Gasteiger partial charge in [0, 0.05) is 25.1 Å². The van der Waals surface area contributed by atoms with E-state index in [1.54, 1.807) is 24.6 Å². The van der Waals surface area contributed by atoms with Crippen LogP contribution in [0.25, 0.3) is 0 Å². The number of methoxy groups -OCH3 is 1. The first-order valence-electron chi connectivity index (χ1n) is 10.4. The molecular weight excluding hydrogens is 430 g/mol. The predicted octanol–water partition coefficient (Wildman–Crippen LogP) is 3.75. The van der Waals surface area contributed by atoms with Gasteiger partial charge in [0.2, 0.25) is 5.91 Å². The minimum absolute atomic E-state index is 0.0440. The maximum absolute atomic E-state index is 13.2. The molecule has 0 saturated carbocycles. The van der Waals surface area contributed by atoms with Gasteiger partial charge in [0.1, 0.15) is 5.75 Å². The first-order chi connectivity index (χ1) is 15.6. The van der Waals surface area contributed by atoms with Crippen LogP contribution in [-0.2, 0) is 22.5 Å². The van der Waals surface area contributed by atoms with E-state index in [9.17, 15) is 9.59 Å². The molecule has 1 aliphatic rings. The highest BCUT2D eigenvalue weighted by Crippen LogP contribution is 2.21. The summed E-state index contributed by atoms with van der Waals surface area (Å²) in [5.41, 5.74) is 1.60. The first-order valence-corrected chi connectivity index (χ1v) is 11.3. The molecule has 1 N–H and O–H groups in total. The second-order valence-electron chi connectivity index (χ2n) is 7.51. The van der Waals surface area contributed by atoms with Gasteiger partial charge in [0.15, 0.2) is 10.9 Å². The van der Waals surface area contributed by atoms with E-state index in [1.807, 2.05) is 29.2 Å². The van der Waals surface area contributed by atoms with E-state index in [2.05, 4.69) is 10.3 Å². The molecule has 0 radical (unpaired) electrons. The zero-order valence-corrected chi connectivity index (χ0v) is 18.6. The Hall–Kier alpha value is -3.17. The normalized spacial score (nSPS) is 15.5. The highest BCUT2D eigenvalue weighted by atomic mass is 32.1. The van der Waals surface area contributed by atoms with Crippen LogP contribution in [-0.4, -0.2) is 48.1 Å². The number of nitrogens with one attached hydrogen (secondary N) is 1. The number of benzene rings is 1. The summed E-state index contributed by atoms with van der Waals surface area (Å²) < 4.78 is 16.2. The number of carbonyl (C=O) groups is 2. The Labute approximate surface area is 190 Å². The summed E-state index contributed by atoms with van der Waals surface area (Å²) in [5, 5.41) is 4.90. The van der Waals surface area contributed by atoms with Crippen LogP contribution >= 0.6 is 11.3 Å². The number of anilines is 1. The Kier molecular flexibility index (Phi) is 7.18. The Morgan fingerprint density at radius 2 is 2.22 bits per heavy atom. The second kappa shape index (κ2) is 10.4. The summed E-state index contributed by atoms with van der Waals surface area (Å²) in [5.74, 6) is 0.542. The van der Waals surface area contributed by atoms with Crippen molar-refractivity contribution < 1.29 is 23.5 Å². The molecule has 1 aromatic carbocycles. The molecule has 2 aromatic heterocycles. The number of furan rings is 1. The quantitative estimate of drug-likeness (QED) is 0.528. The average molecular weight is 456 g/mol. The number of carbonyl (C=O) groups excluding carboxylic acids is 2. The van der Waals surface area contributed by atoms with Crippen LogP contribution in [0.4, 0.5) is 5.13 Å². The lowest BCUT2D eigenvalue weighted by molar-refractivity contribution is -0.132. The van der Waals surface area contributed by atoms with Gasteiger partial charge in [-0.1, -0.05) is 12.1 Å². The molecule has 3 aromatic rings. The summed E-state index contributed by atoms with van der Waals surface area (Å²) >= 11 is 1.27. The number of thiazole rings is 1. The van der Waals surface area contributed by atoms with Crippen molar-refractivity contribution in [2.45, 2.75) is 31.9 Å². The summed E-state index contributed by atoms with van der Waals surface area (Å²) in [6, 6.07) is 10.9. The molecule has 1 fully saturated rings. The lowest BCUT2D eigenvalue weighted by Gasteiger charge is -2.25. The smallest absolute Gasteiger partial charge is 0.293 e. The number of hydrogen-bond donors (Lipinski definition) is 1. The van der Waals surface area contributed by atoms with E-state index in [4.69, 9.17) is 13.9 Å². The van der Waals surface area contributed by atoms with Crippen LogP contribution in [0, 0.1) is 0 Å². The number of rotatable bonds is 9. The summed E-state index contributed by atoms with van der Waals surface area (Å²) in [6.45, 7) is 1.72. The fourth-order valence-corrected chi connectivity index (χ4v) is 4.26. The molecular formula is C23H25N3O5S. The second-order valence-corrected chi connectivity index (χ2v) is 8.37. The predicted molar refractivity (Wildman–Crippen MR) is 120 cm³/mol. The Balaban J connectivity index is 1.42. The van der Waals surface area contributed by atoms with Crippen LogP contribution in [0.15, 0.2) is 52.5 Å². The molecule has 1 atom stereocenters. The zero-order chi connectivity index (χ0) is 22.3. The van der Waals surface area contributed by atoms with Crippen molar-refractivity contribution in [3.8, 4) is 5.75 Å². The number of aromatic nitrogens is 1. The molecule has 2 amide bonds.